The molecule has 0 saturated heterocycles. The molecule has 162 valence electrons. The fourth-order valence-corrected chi connectivity index (χ4v) is 3.76. The van der Waals surface area contributed by atoms with Crippen molar-refractivity contribution < 1.29 is 0 Å². The van der Waals surface area contributed by atoms with E-state index in [0.717, 1.165) is 28.2 Å². The van der Waals surface area contributed by atoms with E-state index in [2.05, 4.69) is 101 Å². The molecule has 0 aliphatic rings. The maximum Gasteiger partial charge on any atom is 0.0899 e. The highest BCUT2D eigenvalue weighted by molar-refractivity contribution is 5.76. The van der Waals surface area contributed by atoms with Crippen LogP contribution in [0.4, 0.5) is 0 Å². The van der Waals surface area contributed by atoms with Gasteiger partial charge in [0.1, 0.15) is 0 Å². The van der Waals surface area contributed by atoms with Crippen LogP contribution in [0, 0.1) is 0 Å². The third kappa shape index (κ3) is 4.80. The van der Waals surface area contributed by atoms with Crippen molar-refractivity contribution in [2.24, 2.45) is 0 Å². The first-order valence-corrected chi connectivity index (χ1v) is 11.3. The molecule has 0 unspecified atom stereocenters. The first kappa shape index (κ1) is 22.0. The molecule has 0 N–H and O–H groups in total. The summed E-state index contributed by atoms with van der Waals surface area (Å²) in [4.78, 5) is 9.55. The van der Waals surface area contributed by atoms with Gasteiger partial charge in [-0.3, -0.25) is 4.98 Å². The molecule has 2 aromatic carbocycles. The number of rotatable bonds is 3. The molecule has 0 aliphatic heterocycles. The Bertz CT molecular complexity index is 1120. The number of pyridine rings is 2. The van der Waals surface area contributed by atoms with E-state index in [9.17, 15) is 0 Å². The van der Waals surface area contributed by atoms with Gasteiger partial charge < -0.3 is 0 Å². The lowest BCUT2D eigenvalue weighted by Crippen LogP contribution is -2.16. The molecular weight excluding hydrogens is 388 g/mol. The Morgan fingerprint density at radius 3 is 1.62 bits per heavy atom. The van der Waals surface area contributed by atoms with Gasteiger partial charge in [0.2, 0.25) is 0 Å². The zero-order valence-electron chi connectivity index (χ0n) is 20.0. The number of hydrogen-bond donors (Lipinski definition) is 0. The van der Waals surface area contributed by atoms with Crippen molar-refractivity contribution in [1.82, 2.24) is 9.97 Å². The molecular formula is C30H32N2. The monoisotopic (exact) mass is 420 g/mol. The summed E-state index contributed by atoms with van der Waals surface area (Å²) in [5.74, 6) is 0. The van der Waals surface area contributed by atoms with Gasteiger partial charge in [-0.25, -0.2) is 4.98 Å². The fourth-order valence-electron chi connectivity index (χ4n) is 3.76. The summed E-state index contributed by atoms with van der Waals surface area (Å²) in [6.07, 6.45) is 1.82. The van der Waals surface area contributed by atoms with E-state index in [1.807, 2.05) is 30.5 Å². The minimum Gasteiger partial charge on any atom is -0.255 e. The molecule has 2 heteroatoms. The smallest absolute Gasteiger partial charge is 0.0899 e. The highest BCUT2D eigenvalue weighted by Gasteiger charge is 2.21. The van der Waals surface area contributed by atoms with Gasteiger partial charge in [-0.2, -0.15) is 0 Å². The second-order valence-electron chi connectivity index (χ2n) is 10.5. The predicted octanol–water partition coefficient (Wildman–Crippen LogP) is 8.07. The normalized spacial score (nSPS) is 12.1. The molecule has 0 spiro atoms. The standard InChI is InChI=1S/C30H32N2/c1-29(2,3)24-16-22(17-25(20-24)30(4,5)6)23-18-27(21-12-8-7-9-13-21)32-28(19-23)26-14-10-11-15-31-26/h7-20H,1-6H3. The third-order valence-corrected chi connectivity index (χ3v) is 5.82. The molecule has 2 heterocycles. The van der Waals surface area contributed by atoms with Crippen molar-refractivity contribution in [3.63, 3.8) is 0 Å². The summed E-state index contributed by atoms with van der Waals surface area (Å²) in [5.41, 5.74) is 9.04. The average molecular weight is 421 g/mol. The molecule has 0 radical (unpaired) electrons. The molecule has 2 nitrogen and oxygen atoms in total. The Morgan fingerprint density at radius 2 is 1.06 bits per heavy atom. The minimum atomic E-state index is 0.0646. The van der Waals surface area contributed by atoms with Crippen LogP contribution in [0.25, 0.3) is 33.8 Å². The number of nitrogens with zero attached hydrogens (tertiary/aromatic N) is 2. The Balaban J connectivity index is 1.97. The summed E-state index contributed by atoms with van der Waals surface area (Å²) in [5, 5.41) is 0. The molecule has 0 bridgehead atoms. The van der Waals surface area contributed by atoms with E-state index in [0.29, 0.717) is 0 Å². The number of benzene rings is 2. The first-order chi connectivity index (χ1) is 15.1. The van der Waals surface area contributed by atoms with Gasteiger partial charge in [-0.15, -0.1) is 0 Å². The zero-order valence-corrected chi connectivity index (χ0v) is 20.0. The lowest BCUT2D eigenvalue weighted by atomic mass is 9.79. The third-order valence-electron chi connectivity index (χ3n) is 5.82. The van der Waals surface area contributed by atoms with E-state index < -0.39 is 0 Å². The molecule has 0 fully saturated rings. The summed E-state index contributed by atoms with van der Waals surface area (Å²) < 4.78 is 0. The van der Waals surface area contributed by atoms with Crippen LogP contribution in [0.1, 0.15) is 52.7 Å². The van der Waals surface area contributed by atoms with Crippen molar-refractivity contribution >= 4 is 0 Å². The summed E-state index contributed by atoms with van der Waals surface area (Å²) in [6, 6.07) is 27.8. The van der Waals surface area contributed by atoms with Crippen molar-refractivity contribution in [1.29, 1.82) is 0 Å². The SMILES string of the molecule is CC(C)(C)c1cc(-c2cc(-c3ccccc3)nc(-c3ccccn3)c2)cc(C(C)(C)C)c1. The van der Waals surface area contributed by atoms with E-state index in [-0.39, 0.29) is 10.8 Å². The van der Waals surface area contributed by atoms with Crippen LogP contribution < -0.4 is 0 Å². The molecule has 0 amide bonds. The average Bonchev–Trinajstić information content (AvgIpc) is 2.78. The summed E-state index contributed by atoms with van der Waals surface area (Å²) in [6.45, 7) is 13.7. The Labute approximate surface area is 192 Å². The minimum absolute atomic E-state index is 0.0646. The van der Waals surface area contributed by atoms with Gasteiger partial charge in [0.05, 0.1) is 17.1 Å². The van der Waals surface area contributed by atoms with Crippen LogP contribution in [0.15, 0.2) is 85.1 Å². The summed E-state index contributed by atoms with van der Waals surface area (Å²) >= 11 is 0. The first-order valence-electron chi connectivity index (χ1n) is 11.3. The van der Waals surface area contributed by atoms with Crippen molar-refractivity contribution in [2.75, 3.05) is 0 Å². The van der Waals surface area contributed by atoms with E-state index in [4.69, 9.17) is 4.98 Å². The number of hydrogen-bond acceptors (Lipinski definition) is 2. The summed E-state index contributed by atoms with van der Waals surface area (Å²) in [7, 11) is 0. The Morgan fingerprint density at radius 1 is 0.500 bits per heavy atom. The highest BCUT2D eigenvalue weighted by Crippen LogP contribution is 2.36. The van der Waals surface area contributed by atoms with Gasteiger partial charge in [0.25, 0.3) is 0 Å². The molecule has 4 rings (SSSR count). The molecule has 2 aromatic heterocycles. The highest BCUT2D eigenvalue weighted by atomic mass is 14.8. The quantitative estimate of drug-likeness (QED) is 0.335. The maximum absolute atomic E-state index is 4.98. The van der Waals surface area contributed by atoms with Gasteiger partial charge in [0.15, 0.2) is 0 Å². The zero-order chi connectivity index (χ0) is 22.9. The van der Waals surface area contributed by atoms with Crippen LogP contribution in [0.5, 0.6) is 0 Å². The van der Waals surface area contributed by atoms with Crippen LogP contribution >= 0.6 is 0 Å². The number of aromatic nitrogens is 2. The van der Waals surface area contributed by atoms with Gasteiger partial charge in [0, 0.05) is 11.8 Å². The second-order valence-corrected chi connectivity index (χ2v) is 10.5. The van der Waals surface area contributed by atoms with Crippen molar-refractivity contribution in [3.8, 4) is 33.8 Å². The van der Waals surface area contributed by atoms with Crippen molar-refractivity contribution in [3.05, 3.63) is 96.2 Å². The van der Waals surface area contributed by atoms with Crippen molar-refractivity contribution in [2.45, 2.75) is 52.4 Å². The van der Waals surface area contributed by atoms with E-state index in [1.54, 1.807) is 0 Å². The topological polar surface area (TPSA) is 25.8 Å². The molecule has 0 atom stereocenters. The van der Waals surface area contributed by atoms with Crippen LogP contribution in [0.3, 0.4) is 0 Å². The van der Waals surface area contributed by atoms with Crippen LogP contribution in [0.2, 0.25) is 0 Å². The van der Waals surface area contributed by atoms with Gasteiger partial charge >= 0.3 is 0 Å². The Hall–Kier alpha value is -3.26. The lowest BCUT2D eigenvalue weighted by molar-refractivity contribution is 0.569. The molecule has 0 saturated carbocycles. The largest absolute Gasteiger partial charge is 0.255 e. The molecule has 32 heavy (non-hydrogen) atoms. The predicted molar refractivity (Wildman–Crippen MR) is 136 cm³/mol. The van der Waals surface area contributed by atoms with E-state index >= 15 is 0 Å². The van der Waals surface area contributed by atoms with Crippen LogP contribution in [-0.4, -0.2) is 9.97 Å². The lowest BCUT2D eigenvalue weighted by Gasteiger charge is -2.26. The fraction of sp³-hybridized carbons (Fsp3) is 0.267. The maximum atomic E-state index is 4.98. The van der Waals surface area contributed by atoms with Crippen LogP contribution in [-0.2, 0) is 10.8 Å². The molecule has 0 aliphatic carbocycles. The second kappa shape index (κ2) is 8.35. The van der Waals surface area contributed by atoms with Gasteiger partial charge in [-0.05, 0) is 57.3 Å². The van der Waals surface area contributed by atoms with Gasteiger partial charge in [-0.1, -0.05) is 96.1 Å². The van der Waals surface area contributed by atoms with E-state index in [1.165, 1.54) is 16.7 Å². The molecule has 4 aromatic rings. The Kier molecular flexibility index (Phi) is 5.73.